The number of esters is 4. The quantitative estimate of drug-likeness (QED) is 0.0567. The van der Waals surface area contributed by atoms with Crippen molar-refractivity contribution in [2.24, 2.45) is 0 Å². The van der Waals surface area contributed by atoms with Gasteiger partial charge in [0.1, 0.15) is 62.2 Å². The van der Waals surface area contributed by atoms with Crippen LogP contribution in [0.25, 0.3) is 18.2 Å². The third kappa shape index (κ3) is 12.5. The van der Waals surface area contributed by atoms with Gasteiger partial charge in [-0.05, 0) is 71.3 Å². The van der Waals surface area contributed by atoms with E-state index in [2.05, 4.69) is 0 Å². The molecule has 0 aromatic heterocycles. The molecule has 0 amide bonds. The standard InChI is InChI=1S/C43H46O20/c1-23(44)57-20-32-37(51)39(53)40(54)42(60-32)63-43(22-59-35(49)15-8-24-4-11-27(45)12-5-24)41(61-36(50)17-10-26-7-14-29(47)31(19-26)56-3)38(52)33(62-43)21-58-34(48)16-9-25-6-13-28(46)30(18-25)55-2/h4-19,32-33,37-42,45-47,51-54H,20-22H2,1-3H3/b15-8+,16-9+,17-10+/t32-,33-,37+,38-,39+,40-,41+,42-,43+/m1/s1. The molecule has 3 aromatic carbocycles. The van der Waals surface area contributed by atoms with Gasteiger partial charge in [-0.15, -0.1) is 0 Å². The van der Waals surface area contributed by atoms with Gasteiger partial charge in [-0.2, -0.15) is 0 Å². The second-order valence-electron chi connectivity index (χ2n) is 13.9. The van der Waals surface area contributed by atoms with E-state index < -0.39 is 98.5 Å². The zero-order chi connectivity index (χ0) is 45.8. The SMILES string of the molecule is COc1cc(/C=C/C(=O)OC[C@H]2O[C@@](COC(=O)/C=C/c3ccc(O)cc3)(O[C@H]3O[C@H](COC(C)=O)[C@H](O)[C@H](O)[C@H]3O)[C@@H](OC(=O)/C=C/c3ccc(O)c(OC)c3)[C@@H]2O)ccc1O. The number of hydrogen-bond donors (Lipinski definition) is 7. The van der Waals surface area contributed by atoms with Crippen LogP contribution in [0.3, 0.4) is 0 Å². The number of benzene rings is 3. The number of aliphatic hydroxyl groups excluding tert-OH is 4. The van der Waals surface area contributed by atoms with Gasteiger partial charge in [-0.3, -0.25) is 4.79 Å². The summed E-state index contributed by atoms with van der Waals surface area (Å²) in [4.78, 5) is 51.1. The Balaban J connectivity index is 1.47. The van der Waals surface area contributed by atoms with Crippen molar-refractivity contribution in [3.63, 3.8) is 0 Å². The van der Waals surface area contributed by atoms with Gasteiger partial charge in [0.2, 0.25) is 5.79 Å². The molecule has 7 N–H and O–H groups in total. The molecule has 2 fully saturated rings. The van der Waals surface area contributed by atoms with Crippen molar-refractivity contribution in [3.05, 3.63) is 95.6 Å². The first-order valence-electron chi connectivity index (χ1n) is 19.0. The number of rotatable bonds is 17. The topological polar surface area (TPSA) is 293 Å². The van der Waals surface area contributed by atoms with Crippen molar-refractivity contribution < 1.29 is 97.6 Å². The van der Waals surface area contributed by atoms with Crippen LogP contribution in [0.5, 0.6) is 28.7 Å². The first kappa shape index (κ1) is 47.5. The second kappa shape index (κ2) is 21.5. The van der Waals surface area contributed by atoms with Crippen molar-refractivity contribution in [3.8, 4) is 28.7 Å². The van der Waals surface area contributed by atoms with Crippen LogP contribution in [0.15, 0.2) is 78.9 Å². The number of phenols is 3. The molecule has 338 valence electrons. The van der Waals surface area contributed by atoms with Gasteiger partial charge in [-0.25, -0.2) is 14.4 Å². The Morgan fingerprint density at radius 1 is 0.635 bits per heavy atom. The van der Waals surface area contributed by atoms with Crippen molar-refractivity contribution in [2.75, 3.05) is 34.0 Å². The molecule has 5 rings (SSSR count). The summed E-state index contributed by atoms with van der Waals surface area (Å²) in [6, 6.07) is 14.1. The minimum Gasteiger partial charge on any atom is -0.508 e. The monoisotopic (exact) mass is 882 g/mol. The molecule has 2 saturated heterocycles. The summed E-state index contributed by atoms with van der Waals surface area (Å²) in [7, 11) is 2.65. The highest BCUT2D eigenvalue weighted by atomic mass is 16.8. The Labute approximate surface area is 359 Å². The van der Waals surface area contributed by atoms with Crippen molar-refractivity contribution in [1.82, 2.24) is 0 Å². The fourth-order valence-electron chi connectivity index (χ4n) is 6.20. The molecule has 0 saturated carbocycles. The molecule has 0 aliphatic carbocycles. The van der Waals surface area contributed by atoms with Gasteiger partial charge in [0, 0.05) is 25.2 Å². The van der Waals surface area contributed by atoms with Crippen molar-refractivity contribution in [1.29, 1.82) is 0 Å². The number of aliphatic hydroxyl groups is 4. The lowest BCUT2D eigenvalue weighted by atomic mass is 9.98. The van der Waals surface area contributed by atoms with E-state index in [1.54, 1.807) is 0 Å². The number of aromatic hydroxyl groups is 3. The average Bonchev–Trinajstić information content (AvgIpc) is 3.52. The summed E-state index contributed by atoms with van der Waals surface area (Å²) in [5.74, 6) is -6.74. The summed E-state index contributed by atoms with van der Waals surface area (Å²) < 4.78 is 49.5. The van der Waals surface area contributed by atoms with Crippen LogP contribution < -0.4 is 9.47 Å². The van der Waals surface area contributed by atoms with Crippen LogP contribution in [0, 0.1) is 0 Å². The molecular weight excluding hydrogens is 836 g/mol. The summed E-state index contributed by atoms with van der Waals surface area (Å²) in [6.45, 7) is -1.38. The zero-order valence-corrected chi connectivity index (χ0v) is 33.9. The molecule has 0 unspecified atom stereocenters. The Hall–Kier alpha value is -6.52. The van der Waals surface area contributed by atoms with Gasteiger partial charge in [0.15, 0.2) is 35.4 Å². The smallest absolute Gasteiger partial charge is 0.331 e. The van der Waals surface area contributed by atoms with E-state index in [-0.39, 0.29) is 28.7 Å². The van der Waals surface area contributed by atoms with E-state index in [9.17, 15) is 54.9 Å². The average molecular weight is 883 g/mol. The molecule has 0 bridgehead atoms. The fourth-order valence-corrected chi connectivity index (χ4v) is 6.20. The summed E-state index contributed by atoms with van der Waals surface area (Å²) in [5.41, 5.74) is 1.26. The number of carbonyl (C=O) groups is 4. The maximum absolute atomic E-state index is 13.5. The highest BCUT2D eigenvalue weighted by molar-refractivity contribution is 5.88. The van der Waals surface area contributed by atoms with Crippen LogP contribution >= 0.6 is 0 Å². The molecule has 2 heterocycles. The molecule has 20 nitrogen and oxygen atoms in total. The van der Waals surface area contributed by atoms with Crippen LogP contribution in [0.1, 0.15) is 23.6 Å². The van der Waals surface area contributed by atoms with E-state index in [1.807, 2.05) is 0 Å². The van der Waals surface area contributed by atoms with Crippen LogP contribution in [0.2, 0.25) is 0 Å². The van der Waals surface area contributed by atoms with Crippen LogP contribution in [-0.4, -0.2) is 148 Å². The molecule has 2 aliphatic rings. The fraction of sp³-hybridized carbons (Fsp3) is 0.349. The van der Waals surface area contributed by atoms with Gasteiger partial charge in [0.25, 0.3) is 0 Å². The number of methoxy groups -OCH3 is 2. The van der Waals surface area contributed by atoms with Gasteiger partial charge < -0.3 is 78.4 Å². The van der Waals surface area contributed by atoms with Gasteiger partial charge in [0.05, 0.1) is 14.2 Å². The molecule has 0 spiro atoms. The van der Waals surface area contributed by atoms with Crippen molar-refractivity contribution >= 4 is 42.1 Å². The molecule has 0 radical (unpaired) electrons. The number of ether oxygens (including phenoxy) is 9. The second-order valence-corrected chi connectivity index (χ2v) is 13.9. The van der Waals surface area contributed by atoms with Crippen LogP contribution in [0.4, 0.5) is 0 Å². The first-order valence-corrected chi connectivity index (χ1v) is 19.0. The molecule has 9 atom stereocenters. The summed E-state index contributed by atoms with van der Waals surface area (Å²) in [6.07, 6.45) is -8.27. The molecule has 63 heavy (non-hydrogen) atoms. The van der Waals surface area contributed by atoms with E-state index in [0.29, 0.717) is 16.7 Å². The summed E-state index contributed by atoms with van der Waals surface area (Å²) >= 11 is 0. The maximum atomic E-state index is 13.5. The van der Waals surface area contributed by atoms with Crippen LogP contribution in [-0.2, 0) is 52.3 Å². The maximum Gasteiger partial charge on any atom is 0.331 e. The van der Waals surface area contributed by atoms with E-state index in [0.717, 1.165) is 25.2 Å². The Bertz CT molecular complexity index is 2170. The van der Waals surface area contributed by atoms with Crippen molar-refractivity contribution in [2.45, 2.75) is 61.7 Å². The lowest BCUT2D eigenvalue weighted by Crippen LogP contribution is -2.63. The summed E-state index contributed by atoms with van der Waals surface area (Å²) in [5, 5.41) is 73.7. The first-order chi connectivity index (χ1) is 30.0. The third-order valence-electron chi connectivity index (χ3n) is 9.50. The normalized spacial score (nSPS) is 25.8. The Morgan fingerprint density at radius 3 is 1.73 bits per heavy atom. The minimum atomic E-state index is -2.66. The van der Waals surface area contributed by atoms with E-state index >= 15 is 0 Å². The highest BCUT2D eigenvalue weighted by Gasteiger charge is 2.62. The van der Waals surface area contributed by atoms with E-state index in [1.165, 1.54) is 93.1 Å². The van der Waals surface area contributed by atoms with E-state index in [4.69, 9.17) is 42.6 Å². The van der Waals surface area contributed by atoms with Gasteiger partial charge >= 0.3 is 23.9 Å². The van der Waals surface area contributed by atoms with Gasteiger partial charge in [-0.1, -0.05) is 24.3 Å². The highest BCUT2D eigenvalue weighted by Crippen LogP contribution is 2.39. The number of carbonyl (C=O) groups excluding carboxylic acids is 4. The Morgan fingerprint density at radius 2 is 1.16 bits per heavy atom. The molecular formula is C43H46O20. The molecule has 3 aromatic rings. The lowest BCUT2D eigenvalue weighted by Gasteiger charge is -2.43. The number of phenolic OH excluding ortho intramolecular Hbond substituents is 3. The Kier molecular flexibility index (Phi) is 16.2. The minimum absolute atomic E-state index is 0.0295. The third-order valence-corrected chi connectivity index (χ3v) is 9.50. The lowest BCUT2D eigenvalue weighted by molar-refractivity contribution is -0.383. The predicted octanol–water partition coefficient (Wildman–Crippen LogP) is 1.10. The molecule has 20 heteroatoms. The largest absolute Gasteiger partial charge is 0.508 e. The zero-order valence-electron chi connectivity index (χ0n) is 33.9. The molecule has 2 aliphatic heterocycles. The number of hydrogen-bond acceptors (Lipinski definition) is 20. The predicted molar refractivity (Wildman–Crippen MR) is 214 cm³/mol.